The number of benzene rings is 1. The summed E-state index contributed by atoms with van der Waals surface area (Å²) in [7, 11) is 1.67. The third kappa shape index (κ3) is 4.73. The first kappa shape index (κ1) is 16.8. The Labute approximate surface area is 133 Å². The molecule has 0 aromatic heterocycles. The van der Waals surface area contributed by atoms with E-state index >= 15 is 0 Å². The van der Waals surface area contributed by atoms with E-state index in [1.807, 2.05) is 24.3 Å². The molecule has 1 N–H and O–H groups in total. The molecule has 1 aromatic carbocycles. The number of likely N-dealkylation sites (tertiary alicyclic amines) is 1. The molecule has 2 rings (SSSR count). The van der Waals surface area contributed by atoms with Gasteiger partial charge in [-0.3, -0.25) is 4.79 Å². The molecular weight excluding hydrogens is 276 g/mol. The number of aryl methyl sites for hydroxylation is 1. The number of methoxy groups -OCH3 is 1. The van der Waals surface area contributed by atoms with Gasteiger partial charge in [-0.25, -0.2) is 0 Å². The molecule has 22 heavy (non-hydrogen) atoms. The number of carbonyl (C=O) groups is 1. The summed E-state index contributed by atoms with van der Waals surface area (Å²) in [6.07, 6.45) is 3.35. The fourth-order valence-corrected chi connectivity index (χ4v) is 3.02. The van der Waals surface area contributed by atoms with Gasteiger partial charge in [0, 0.05) is 31.6 Å². The number of amides is 1. The summed E-state index contributed by atoms with van der Waals surface area (Å²) in [4.78, 5) is 14.6. The third-order valence-corrected chi connectivity index (χ3v) is 4.44. The van der Waals surface area contributed by atoms with E-state index in [1.165, 1.54) is 0 Å². The highest BCUT2D eigenvalue weighted by Gasteiger charge is 2.21. The zero-order valence-electron chi connectivity index (χ0n) is 14.0. The van der Waals surface area contributed by atoms with Crippen LogP contribution in [0.2, 0.25) is 0 Å². The van der Waals surface area contributed by atoms with E-state index in [9.17, 15) is 4.79 Å². The van der Waals surface area contributed by atoms with Crippen molar-refractivity contribution >= 4 is 5.91 Å². The Morgan fingerprint density at radius 3 is 2.64 bits per heavy atom. The van der Waals surface area contributed by atoms with Crippen LogP contribution in [-0.4, -0.2) is 43.1 Å². The summed E-state index contributed by atoms with van der Waals surface area (Å²) < 4.78 is 5.32. The Bertz CT molecular complexity index is 480. The van der Waals surface area contributed by atoms with Crippen molar-refractivity contribution in [3.8, 4) is 5.75 Å². The molecule has 1 saturated heterocycles. The van der Waals surface area contributed by atoms with Gasteiger partial charge in [0.25, 0.3) is 0 Å². The second-order valence-corrected chi connectivity index (χ2v) is 6.28. The first-order valence-corrected chi connectivity index (χ1v) is 8.25. The lowest BCUT2D eigenvalue weighted by Crippen LogP contribution is -2.46. The normalized spacial score (nSPS) is 16.7. The SMILES string of the molecule is COc1ccccc1CCC(=O)NC1CCN(C(C)C)CC1. The van der Waals surface area contributed by atoms with Gasteiger partial charge in [0.1, 0.15) is 5.75 Å². The van der Waals surface area contributed by atoms with E-state index < -0.39 is 0 Å². The molecule has 4 nitrogen and oxygen atoms in total. The summed E-state index contributed by atoms with van der Waals surface area (Å²) in [6.45, 7) is 6.61. The molecule has 1 heterocycles. The van der Waals surface area contributed by atoms with Crippen LogP contribution in [0.5, 0.6) is 5.75 Å². The van der Waals surface area contributed by atoms with Crippen LogP contribution in [0.15, 0.2) is 24.3 Å². The van der Waals surface area contributed by atoms with E-state index in [1.54, 1.807) is 7.11 Å². The number of hydrogen-bond acceptors (Lipinski definition) is 3. The van der Waals surface area contributed by atoms with Crippen molar-refractivity contribution in [3.05, 3.63) is 29.8 Å². The molecule has 1 aromatic rings. The van der Waals surface area contributed by atoms with Crippen LogP contribution in [0.3, 0.4) is 0 Å². The summed E-state index contributed by atoms with van der Waals surface area (Å²) in [5.41, 5.74) is 1.09. The maximum absolute atomic E-state index is 12.1. The van der Waals surface area contributed by atoms with Crippen molar-refractivity contribution in [1.82, 2.24) is 10.2 Å². The molecule has 4 heteroatoms. The molecule has 1 aliphatic rings. The van der Waals surface area contributed by atoms with Crippen molar-refractivity contribution < 1.29 is 9.53 Å². The van der Waals surface area contributed by atoms with Gasteiger partial charge in [-0.15, -0.1) is 0 Å². The second-order valence-electron chi connectivity index (χ2n) is 6.28. The highest BCUT2D eigenvalue weighted by molar-refractivity contribution is 5.76. The molecule has 0 radical (unpaired) electrons. The minimum Gasteiger partial charge on any atom is -0.496 e. The smallest absolute Gasteiger partial charge is 0.220 e. The molecule has 1 amide bonds. The van der Waals surface area contributed by atoms with Gasteiger partial charge >= 0.3 is 0 Å². The molecule has 0 spiro atoms. The average molecular weight is 304 g/mol. The highest BCUT2D eigenvalue weighted by Crippen LogP contribution is 2.19. The topological polar surface area (TPSA) is 41.6 Å². The first-order chi connectivity index (χ1) is 10.6. The van der Waals surface area contributed by atoms with Crippen LogP contribution in [0.25, 0.3) is 0 Å². The van der Waals surface area contributed by atoms with Gasteiger partial charge in [0.2, 0.25) is 5.91 Å². The summed E-state index contributed by atoms with van der Waals surface area (Å²) in [6, 6.07) is 8.83. The van der Waals surface area contributed by atoms with Crippen molar-refractivity contribution in [2.45, 2.75) is 51.6 Å². The van der Waals surface area contributed by atoms with E-state index in [4.69, 9.17) is 4.74 Å². The van der Waals surface area contributed by atoms with E-state index in [-0.39, 0.29) is 5.91 Å². The van der Waals surface area contributed by atoms with Crippen LogP contribution >= 0.6 is 0 Å². The maximum atomic E-state index is 12.1. The van der Waals surface area contributed by atoms with Gasteiger partial charge in [0.05, 0.1) is 7.11 Å². The van der Waals surface area contributed by atoms with Gasteiger partial charge < -0.3 is 15.0 Å². The van der Waals surface area contributed by atoms with Crippen LogP contribution in [0.1, 0.15) is 38.7 Å². The van der Waals surface area contributed by atoms with E-state index in [0.29, 0.717) is 18.5 Å². The van der Waals surface area contributed by atoms with Crippen molar-refractivity contribution in [2.24, 2.45) is 0 Å². The van der Waals surface area contributed by atoms with Gasteiger partial charge in [0.15, 0.2) is 0 Å². The number of rotatable bonds is 6. The third-order valence-electron chi connectivity index (χ3n) is 4.44. The Morgan fingerprint density at radius 2 is 2.00 bits per heavy atom. The van der Waals surface area contributed by atoms with E-state index in [0.717, 1.165) is 43.7 Å². The molecule has 0 unspecified atom stereocenters. The largest absolute Gasteiger partial charge is 0.496 e. The Hall–Kier alpha value is -1.55. The minimum absolute atomic E-state index is 0.147. The number of ether oxygens (including phenoxy) is 1. The highest BCUT2D eigenvalue weighted by atomic mass is 16.5. The Kier molecular flexibility index (Phi) is 6.25. The molecule has 0 saturated carbocycles. The zero-order valence-corrected chi connectivity index (χ0v) is 14.0. The lowest BCUT2D eigenvalue weighted by Gasteiger charge is -2.34. The lowest BCUT2D eigenvalue weighted by atomic mass is 10.0. The summed E-state index contributed by atoms with van der Waals surface area (Å²) in [5, 5.41) is 3.18. The van der Waals surface area contributed by atoms with Gasteiger partial charge in [-0.1, -0.05) is 18.2 Å². The van der Waals surface area contributed by atoms with Crippen LogP contribution in [0.4, 0.5) is 0 Å². The van der Waals surface area contributed by atoms with Crippen molar-refractivity contribution in [3.63, 3.8) is 0 Å². The zero-order chi connectivity index (χ0) is 15.9. The number of para-hydroxylation sites is 1. The van der Waals surface area contributed by atoms with Crippen LogP contribution in [0, 0.1) is 0 Å². The molecule has 0 atom stereocenters. The lowest BCUT2D eigenvalue weighted by molar-refractivity contribution is -0.122. The van der Waals surface area contributed by atoms with Crippen LogP contribution in [-0.2, 0) is 11.2 Å². The summed E-state index contributed by atoms with van der Waals surface area (Å²) >= 11 is 0. The fourth-order valence-electron chi connectivity index (χ4n) is 3.02. The number of nitrogens with one attached hydrogen (secondary N) is 1. The molecule has 0 bridgehead atoms. The quantitative estimate of drug-likeness (QED) is 0.878. The van der Waals surface area contributed by atoms with E-state index in [2.05, 4.69) is 24.1 Å². The Balaban J connectivity index is 1.75. The van der Waals surface area contributed by atoms with Crippen molar-refractivity contribution in [2.75, 3.05) is 20.2 Å². The standard InChI is InChI=1S/C18H28N2O2/c1-14(2)20-12-10-16(11-13-20)19-18(21)9-8-15-6-4-5-7-17(15)22-3/h4-7,14,16H,8-13H2,1-3H3,(H,19,21). The van der Waals surface area contributed by atoms with Gasteiger partial charge in [-0.2, -0.15) is 0 Å². The predicted molar refractivity (Wildman–Crippen MR) is 89.2 cm³/mol. The van der Waals surface area contributed by atoms with Gasteiger partial charge in [-0.05, 0) is 44.7 Å². The Morgan fingerprint density at radius 1 is 1.32 bits per heavy atom. The molecular formula is C18H28N2O2. The fraction of sp³-hybridized carbons (Fsp3) is 0.611. The monoisotopic (exact) mass is 304 g/mol. The minimum atomic E-state index is 0.147. The average Bonchev–Trinajstić information content (AvgIpc) is 2.53. The number of nitrogens with zero attached hydrogens (tertiary/aromatic N) is 1. The number of hydrogen-bond donors (Lipinski definition) is 1. The molecule has 122 valence electrons. The predicted octanol–water partition coefficient (Wildman–Crippen LogP) is 2.62. The molecule has 1 aliphatic heterocycles. The maximum Gasteiger partial charge on any atom is 0.220 e. The van der Waals surface area contributed by atoms with Crippen LogP contribution < -0.4 is 10.1 Å². The first-order valence-electron chi connectivity index (χ1n) is 8.25. The molecule has 1 fully saturated rings. The molecule has 0 aliphatic carbocycles. The summed E-state index contributed by atoms with van der Waals surface area (Å²) in [5.74, 6) is 1.01. The number of piperidine rings is 1. The number of carbonyl (C=O) groups excluding carboxylic acids is 1. The second kappa shape index (κ2) is 8.18. The van der Waals surface area contributed by atoms with Crippen molar-refractivity contribution in [1.29, 1.82) is 0 Å².